The van der Waals surface area contributed by atoms with E-state index in [9.17, 15) is 0 Å². The third-order valence-corrected chi connectivity index (χ3v) is 1.36. The average molecular weight is 123 g/mol. The Morgan fingerprint density at radius 3 is 3.00 bits per heavy atom. The summed E-state index contributed by atoms with van der Waals surface area (Å²) < 4.78 is 0. The molecule has 0 heterocycles. The number of hydrogen-bond donors (Lipinski definition) is 1. The molecule has 0 aromatic carbocycles. The first-order valence-electron chi connectivity index (χ1n) is 3.23. The minimum Gasteiger partial charge on any atom is -0.396 e. The lowest BCUT2D eigenvalue weighted by molar-refractivity contribution is 0.300. The van der Waals surface area contributed by atoms with E-state index in [1.807, 2.05) is 12.2 Å². The largest absolute Gasteiger partial charge is 0.396 e. The Morgan fingerprint density at radius 1 is 1.56 bits per heavy atom. The first kappa shape index (κ1) is 6.56. The smallest absolute Gasteiger partial charge is 0.0471 e. The van der Waals surface area contributed by atoms with Gasteiger partial charge in [0.05, 0.1) is 0 Å². The minimum atomic E-state index is 0.260. The Hall–Kier alpha value is -0.560. The monoisotopic (exact) mass is 123 g/mol. The SMILES string of the molecule is OCCC1=CC[CH]C=C1. The maximum atomic E-state index is 8.53. The van der Waals surface area contributed by atoms with Gasteiger partial charge in [0.15, 0.2) is 0 Å². The molecule has 0 aliphatic heterocycles. The summed E-state index contributed by atoms with van der Waals surface area (Å²) >= 11 is 0. The van der Waals surface area contributed by atoms with Crippen LogP contribution in [-0.2, 0) is 0 Å². The fourth-order valence-electron chi connectivity index (χ4n) is 0.872. The lowest BCUT2D eigenvalue weighted by atomic mass is 10.1. The molecule has 0 aromatic heterocycles. The van der Waals surface area contributed by atoms with Crippen molar-refractivity contribution >= 4 is 0 Å². The van der Waals surface area contributed by atoms with Gasteiger partial charge in [-0.2, -0.15) is 0 Å². The van der Waals surface area contributed by atoms with E-state index >= 15 is 0 Å². The van der Waals surface area contributed by atoms with Crippen LogP contribution in [0.5, 0.6) is 0 Å². The van der Waals surface area contributed by atoms with Crippen LogP contribution >= 0.6 is 0 Å². The Kier molecular flexibility index (Phi) is 2.52. The van der Waals surface area contributed by atoms with Gasteiger partial charge in [-0.15, -0.1) is 0 Å². The molecule has 1 heteroatoms. The first-order valence-corrected chi connectivity index (χ1v) is 3.23. The maximum absolute atomic E-state index is 8.53. The molecular formula is C8H11O. The van der Waals surface area contributed by atoms with Gasteiger partial charge in [0.2, 0.25) is 0 Å². The first-order chi connectivity index (χ1) is 4.43. The number of allylic oxidation sites excluding steroid dienone is 3. The molecule has 9 heavy (non-hydrogen) atoms. The Morgan fingerprint density at radius 2 is 2.44 bits per heavy atom. The summed E-state index contributed by atoms with van der Waals surface area (Å²) in [5.41, 5.74) is 1.25. The zero-order valence-electron chi connectivity index (χ0n) is 5.38. The van der Waals surface area contributed by atoms with E-state index in [4.69, 9.17) is 5.11 Å². The van der Waals surface area contributed by atoms with Crippen LogP contribution < -0.4 is 0 Å². The van der Waals surface area contributed by atoms with Crippen LogP contribution in [0.3, 0.4) is 0 Å². The molecule has 1 aliphatic rings. The summed E-state index contributed by atoms with van der Waals surface area (Å²) in [7, 11) is 0. The van der Waals surface area contributed by atoms with Gasteiger partial charge in [0.25, 0.3) is 0 Å². The van der Waals surface area contributed by atoms with Gasteiger partial charge < -0.3 is 5.11 Å². The summed E-state index contributed by atoms with van der Waals surface area (Å²) in [4.78, 5) is 0. The molecule has 1 N–H and O–H groups in total. The summed E-state index contributed by atoms with van der Waals surface area (Å²) in [5, 5.41) is 8.53. The lowest BCUT2D eigenvalue weighted by Gasteiger charge is -2.02. The molecule has 49 valence electrons. The summed E-state index contributed by atoms with van der Waals surface area (Å²) in [6.45, 7) is 0.260. The van der Waals surface area contributed by atoms with Crippen molar-refractivity contribution in [3.63, 3.8) is 0 Å². The van der Waals surface area contributed by atoms with Crippen molar-refractivity contribution in [3.05, 3.63) is 30.2 Å². The van der Waals surface area contributed by atoms with Gasteiger partial charge in [0.1, 0.15) is 0 Å². The molecule has 0 aromatic rings. The Labute approximate surface area is 55.7 Å². The molecule has 0 saturated heterocycles. The number of aliphatic hydroxyl groups excluding tert-OH is 1. The quantitative estimate of drug-likeness (QED) is 0.589. The topological polar surface area (TPSA) is 20.2 Å². The van der Waals surface area contributed by atoms with E-state index in [0.717, 1.165) is 12.8 Å². The van der Waals surface area contributed by atoms with Crippen molar-refractivity contribution < 1.29 is 5.11 Å². The second kappa shape index (κ2) is 3.46. The van der Waals surface area contributed by atoms with Gasteiger partial charge in [0, 0.05) is 6.61 Å². The van der Waals surface area contributed by atoms with Crippen LogP contribution in [0.1, 0.15) is 12.8 Å². The zero-order chi connectivity index (χ0) is 6.53. The van der Waals surface area contributed by atoms with Crippen LogP contribution in [0.4, 0.5) is 0 Å². The minimum absolute atomic E-state index is 0.260. The van der Waals surface area contributed by atoms with Crippen molar-refractivity contribution in [1.82, 2.24) is 0 Å². The van der Waals surface area contributed by atoms with Gasteiger partial charge in [-0.05, 0) is 19.3 Å². The summed E-state index contributed by atoms with van der Waals surface area (Å²) in [6.07, 6.45) is 10.1. The van der Waals surface area contributed by atoms with Crippen molar-refractivity contribution in [1.29, 1.82) is 0 Å². The van der Waals surface area contributed by atoms with Crippen molar-refractivity contribution in [2.45, 2.75) is 12.8 Å². The molecule has 0 spiro atoms. The molecule has 0 bridgehead atoms. The summed E-state index contributed by atoms with van der Waals surface area (Å²) in [5.74, 6) is 0. The average Bonchev–Trinajstić information content (AvgIpc) is 1.91. The van der Waals surface area contributed by atoms with Crippen LogP contribution in [0, 0.1) is 6.42 Å². The van der Waals surface area contributed by atoms with E-state index in [-0.39, 0.29) is 6.61 Å². The van der Waals surface area contributed by atoms with Crippen LogP contribution in [0.15, 0.2) is 23.8 Å². The Bertz CT molecular complexity index is 134. The van der Waals surface area contributed by atoms with Crippen LogP contribution in [-0.4, -0.2) is 11.7 Å². The second-order valence-electron chi connectivity index (χ2n) is 2.08. The van der Waals surface area contributed by atoms with E-state index < -0.39 is 0 Å². The van der Waals surface area contributed by atoms with Gasteiger partial charge in [-0.3, -0.25) is 0 Å². The normalized spacial score (nSPS) is 17.7. The highest BCUT2D eigenvalue weighted by molar-refractivity contribution is 5.26. The number of aliphatic hydroxyl groups is 1. The third-order valence-electron chi connectivity index (χ3n) is 1.36. The molecule has 0 amide bonds. The van der Waals surface area contributed by atoms with Crippen LogP contribution in [0.2, 0.25) is 0 Å². The zero-order valence-corrected chi connectivity index (χ0v) is 5.38. The maximum Gasteiger partial charge on any atom is 0.0471 e. The van der Waals surface area contributed by atoms with Crippen molar-refractivity contribution in [2.75, 3.05) is 6.61 Å². The predicted molar refractivity (Wildman–Crippen MR) is 37.8 cm³/mol. The van der Waals surface area contributed by atoms with E-state index in [0.29, 0.717) is 0 Å². The van der Waals surface area contributed by atoms with Crippen LogP contribution in [0.25, 0.3) is 0 Å². The fraction of sp³-hybridized carbons (Fsp3) is 0.375. The molecular weight excluding hydrogens is 112 g/mol. The highest BCUT2D eigenvalue weighted by Crippen LogP contribution is 2.10. The highest BCUT2D eigenvalue weighted by Gasteiger charge is 1.94. The molecule has 0 saturated carbocycles. The molecule has 1 aliphatic carbocycles. The van der Waals surface area contributed by atoms with E-state index in [2.05, 4.69) is 12.5 Å². The van der Waals surface area contributed by atoms with Gasteiger partial charge in [-0.25, -0.2) is 0 Å². The number of hydrogen-bond acceptors (Lipinski definition) is 1. The van der Waals surface area contributed by atoms with Gasteiger partial charge >= 0.3 is 0 Å². The summed E-state index contributed by atoms with van der Waals surface area (Å²) in [6, 6.07) is 0. The molecule has 0 fully saturated rings. The van der Waals surface area contributed by atoms with Crippen molar-refractivity contribution in [2.24, 2.45) is 0 Å². The fourth-order valence-corrected chi connectivity index (χ4v) is 0.872. The third kappa shape index (κ3) is 2.02. The highest BCUT2D eigenvalue weighted by atomic mass is 16.2. The number of rotatable bonds is 2. The second-order valence-corrected chi connectivity index (χ2v) is 2.08. The molecule has 1 radical (unpaired) electrons. The van der Waals surface area contributed by atoms with E-state index in [1.165, 1.54) is 5.57 Å². The lowest BCUT2D eigenvalue weighted by Crippen LogP contribution is -1.88. The Balaban J connectivity index is 2.38. The predicted octanol–water partition coefficient (Wildman–Crippen LogP) is 1.46. The van der Waals surface area contributed by atoms with Crippen molar-refractivity contribution in [3.8, 4) is 0 Å². The molecule has 1 rings (SSSR count). The molecule has 0 atom stereocenters. The standard InChI is InChI=1S/C8H11O/c9-7-6-8-4-2-1-3-5-8/h1-2,4-5,9H,3,6-7H2. The molecule has 1 nitrogen and oxygen atoms in total. The molecule has 0 unspecified atom stereocenters. The van der Waals surface area contributed by atoms with Gasteiger partial charge in [-0.1, -0.05) is 23.8 Å². The van der Waals surface area contributed by atoms with E-state index in [1.54, 1.807) is 0 Å².